The highest BCUT2D eigenvalue weighted by atomic mass is 35.5. The number of halogens is 2. The smallest absolute Gasteiger partial charge is 0.254 e. The van der Waals surface area contributed by atoms with Crippen molar-refractivity contribution in [2.45, 2.75) is 25.9 Å². The number of hydrogen-bond acceptors (Lipinski definition) is 4. The van der Waals surface area contributed by atoms with Gasteiger partial charge in [0.15, 0.2) is 0 Å². The molecule has 1 aliphatic heterocycles. The lowest BCUT2D eigenvalue weighted by Gasteiger charge is -2.25. The minimum Gasteiger partial charge on any atom is -0.376 e. The fourth-order valence-electron chi connectivity index (χ4n) is 4.63. The second-order valence-electron chi connectivity index (χ2n) is 9.49. The molecule has 7 nitrogen and oxygen atoms in total. The van der Waals surface area contributed by atoms with E-state index in [0.717, 1.165) is 29.7 Å². The number of imidazole rings is 1. The van der Waals surface area contributed by atoms with Crippen molar-refractivity contribution in [1.29, 1.82) is 0 Å². The van der Waals surface area contributed by atoms with Crippen LogP contribution in [0.2, 0.25) is 10.0 Å². The number of benzene rings is 3. The van der Waals surface area contributed by atoms with Gasteiger partial charge >= 0.3 is 0 Å². The number of nitrogens with zero attached hydrogens (tertiary/aromatic N) is 3. The van der Waals surface area contributed by atoms with Gasteiger partial charge in [-0.25, -0.2) is 4.98 Å². The molecule has 9 heteroatoms. The first-order valence-corrected chi connectivity index (χ1v) is 13.5. The lowest BCUT2D eigenvalue weighted by atomic mass is 10.1. The number of carbonyl (C=O) groups excluding carboxylic acids is 2. The molecule has 0 aliphatic carbocycles. The van der Waals surface area contributed by atoms with Crippen molar-refractivity contribution >= 4 is 41.0 Å². The highest BCUT2D eigenvalue weighted by molar-refractivity contribution is 6.31. The van der Waals surface area contributed by atoms with Crippen LogP contribution in [0.1, 0.15) is 28.8 Å². The molecule has 2 amide bonds. The number of anilines is 1. The Labute approximate surface area is 237 Å². The zero-order valence-electron chi connectivity index (χ0n) is 21.4. The minimum absolute atomic E-state index is 0.101. The Morgan fingerprint density at radius 2 is 1.85 bits per heavy atom. The summed E-state index contributed by atoms with van der Waals surface area (Å²) in [6.07, 6.45) is 3.51. The van der Waals surface area contributed by atoms with Crippen molar-refractivity contribution in [3.05, 3.63) is 100 Å². The molecule has 1 aliphatic rings. The van der Waals surface area contributed by atoms with Crippen molar-refractivity contribution < 1.29 is 14.3 Å². The van der Waals surface area contributed by atoms with Crippen molar-refractivity contribution in [2.24, 2.45) is 0 Å². The van der Waals surface area contributed by atoms with Crippen LogP contribution in [0.25, 0.3) is 16.9 Å². The Bertz CT molecular complexity index is 1480. The van der Waals surface area contributed by atoms with Crippen LogP contribution < -0.4 is 5.32 Å². The number of carbonyl (C=O) groups is 2. The van der Waals surface area contributed by atoms with E-state index in [-0.39, 0.29) is 24.5 Å². The first-order valence-electron chi connectivity index (χ1n) is 12.7. The van der Waals surface area contributed by atoms with Crippen LogP contribution in [-0.2, 0) is 9.53 Å². The van der Waals surface area contributed by atoms with Crippen LogP contribution in [0.5, 0.6) is 0 Å². The number of aryl methyl sites for hydroxylation is 1. The van der Waals surface area contributed by atoms with E-state index in [1.807, 2.05) is 55.6 Å². The van der Waals surface area contributed by atoms with Gasteiger partial charge in [-0.1, -0.05) is 59.6 Å². The Morgan fingerprint density at radius 3 is 2.56 bits per heavy atom. The molecule has 1 unspecified atom stereocenters. The number of rotatable bonds is 8. The highest BCUT2D eigenvalue weighted by Crippen LogP contribution is 2.27. The summed E-state index contributed by atoms with van der Waals surface area (Å²) in [6.45, 7) is 2.73. The number of hydrogen-bond donors (Lipinski definition) is 1. The van der Waals surface area contributed by atoms with E-state index < -0.39 is 0 Å². The van der Waals surface area contributed by atoms with Crippen molar-refractivity contribution in [2.75, 3.05) is 25.0 Å². The summed E-state index contributed by atoms with van der Waals surface area (Å²) in [4.78, 5) is 33.2. The summed E-state index contributed by atoms with van der Waals surface area (Å²) < 4.78 is 7.55. The number of amides is 2. The van der Waals surface area contributed by atoms with Crippen LogP contribution in [0, 0.1) is 6.92 Å². The van der Waals surface area contributed by atoms with Crippen molar-refractivity contribution in [3.8, 4) is 16.9 Å². The summed E-state index contributed by atoms with van der Waals surface area (Å²) in [5.41, 5.74) is 3.63. The molecule has 1 N–H and O–H groups in total. The van der Waals surface area contributed by atoms with E-state index in [0.29, 0.717) is 40.4 Å². The molecule has 4 aromatic rings. The SMILES string of the molecule is Cc1ccccc1C(=O)N(CC(=O)Nc1nc(-c2ccc(Cl)cc2)cn1-c1cccc(Cl)c1)CC1CCCO1. The normalized spacial score (nSPS) is 14.8. The number of nitrogens with one attached hydrogen (secondary N) is 1. The van der Waals surface area contributed by atoms with Gasteiger partial charge in [-0.15, -0.1) is 0 Å². The van der Waals surface area contributed by atoms with Gasteiger partial charge in [0.05, 0.1) is 11.8 Å². The maximum atomic E-state index is 13.5. The van der Waals surface area contributed by atoms with Gasteiger partial charge in [0.2, 0.25) is 11.9 Å². The number of ether oxygens (including phenoxy) is 1. The molecule has 1 fully saturated rings. The first-order chi connectivity index (χ1) is 18.9. The van der Waals surface area contributed by atoms with E-state index >= 15 is 0 Å². The standard InChI is InChI=1S/C30H28Cl2N4O3/c1-20-6-2-3-10-26(20)29(38)35(17-25-9-5-15-39-25)19-28(37)34-30-33-27(21-11-13-22(31)14-12-21)18-36(30)24-8-4-7-23(32)16-24/h2-4,6-8,10-14,16,18,25H,5,9,15,17,19H2,1H3,(H,33,34,37). The van der Waals surface area contributed by atoms with Crippen LogP contribution in [0.4, 0.5) is 5.95 Å². The van der Waals surface area contributed by atoms with Gasteiger partial charge in [0.25, 0.3) is 5.91 Å². The lowest BCUT2D eigenvalue weighted by molar-refractivity contribution is -0.117. The monoisotopic (exact) mass is 562 g/mol. The summed E-state index contributed by atoms with van der Waals surface area (Å²) in [5, 5.41) is 4.09. The third-order valence-electron chi connectivity index (χ3n) is 6.63. The van der Waals surface area contributed by atoms with Gasteiger partial charge < -0.3 is 9.64 Å². The Morgan fingerprint density at radius 1 is 1.05 bits per heavy atom. The van der Waals surface area contributed by atoms with E-state index in [1.54, 1.807) is 39.8 Å². The fraction of sp³-hybridized carbons (Fsp3) is 0.233. The molecule has 3 aromatic carbocycles. The fourth-order valence-corrected chi connectivity index (χ4v) is 4.94. The maximum absolute atomic E-state index is 13.5. The predicted molar refractivity (Wildman–Crippen MR) is 154 cm³/mol. The first kappa shape index (κ1) is 26.9. The van der Waals surface area contributed by atoms with E-state index in [2.05, 4.69) is 5.32 Å². The number of aromatic nitrogens is 2. The van der Waals surface area contributed by atoms with E-state index in [4.69, 9.17) is 32.9 Å². The topological polar surface area (TPSA) is 76.5 Å². The second-order valence-corrected chi connectivity index (χ2v) is 10.4. The zero-order chi connectivity index (χ0) is 27.4. The Hall–Kier alpha value is -3.65. The zero-order valence-corrected chi connectivity index (χ0v) is 23.0. The molecule has 1 aromatic heterocycles. The van der Waals surface area contributed by atoms with Crippen molar-refractivity contribution in [3.63, 3.8) is 0 Å². The average Bonchev–Trinajstić information content (AvgIpc) is 3.59. The lowest BCUT2D eigenvalue weighted by Crippen LogP contribution is -2.42. The molecule has 0 saturated carbocycles. The summed E-state index contributed by atoms with van der Waals surface area (Å²) >= 11 is 12.3. The van der Waals surface area contributed by atoms with E-state index in [1.165, 1.54) is 0 Å². The van der Waals surface area contributed by atoms with Crippen LogP contribution in [-0.4, -0.2) is 52.1 Å². The van der Waals surface area contributed by atoms with Gasteiger partial charge in [0.1, 0.15) is 6.54 Å². The van der Waals surface area contributed by atoms with Gasteiger partial charge in [-0.05, 0) is 61.7 Å². The Balaban J connectivity index is 1.43. The Kier molecular flexibility index (Phi) is 8.31. The largest absolute Gasteiger partial charge is 0.376 e. The molecule has 200 valence electrons. The highest BCUT2D eigenvalue weighted by Gasteiger charge is 2.26. The summed E-state index contributed by atoms with van der Waals surface area (Å²) in [7, 11) is 0. The molecular formula is C30H28Cl2N4O3. The quantitative estimate of drug-likeness (QED) is 0.269. The molecule has 5 rings (SSSR count). The molecule has 0 spiro atoms. The van der Waals surface area contributed by atoms with Gasteiger partial charge in [-0.3, -0.25) is 19.5 Å². The summed E-state index contributed by atoms with van der Waals surface area (Å²) in [5.74, 6) is -0.266. The van der Waals surface area contributed by atoms with E-state index in [9.17, 15) is 9.59 Å². The molecule has 0 radical (unpaired) electrons. The molecule has 0 bridgehead atoms. The average molecular weight is 563 g/mol. The predicted octanol–water partition coefficient (Wildman–Crippen LogP) is 6.41. The third kappa shape index (κ3) is 6.50. The van der Waals surface area contributed by atoms with Crippen LogP contribution in [0.3, 0.4) is 0 Å². The third-order valence-corrected chi connectivity index (χ3v) is 7.12. The molecular weight excluding hydrogens is 535 g/mol. The van der Waals surface area contributed by atoms with Crippen molar-refractivity contribution in [1.82, 2.24) is 14.5 Å². The van der Waals surface area contributed by atoms with Gasteiger partial charge in [0, 0.05) is 46.2 Å². The molecule has 1 saturated heterocycles. The van der Waals surface area contributed by atoms with Crippen LogP contribution >= 0.6 is 23.2 Å². The second kappa shape index (κ2) is 12.0. The molecule has 39 heavy (non-hydrogen) atoms. The van der Waals surface area contributed by atoms with Gasteiger partial charge in [-0.2, -0.15) is 0 Å². The molecule has 2 heterocycles. The minimum atomic E-state index is -0.369. The van der Waals surface area contributed by atoms with Crippen LogP contribution in [0.15, 0.2) is 79.0 Å². The molecule has 1 atom stereocenters. The summed E-state index contributed by atoms with van der Waals surface area (Å²) in [6, 6.07) is 21.9. The maximum Gasteiger partial charge on any atom is 0.254 e.